The fraction of sp³-hybridized carbons (Fsp3) is 0.208. The van der Waals surface area contributed by atoms with Crippen LogP contribution in [0.3, 0.4) is 0 Å². The van der Waals surface area contributed by atoms with Crippen molar-refractivity contribution in [2.24, 2.45) is 0 Å². The highest BCUT2D eigenvalue weighted by Gasteiger charge is 2.57. The summed E-state index contributed by atoms with van der Waals surface area (Å²) in [5.74, 6) is 0.894. The second-order valence-corrected chi connectivity index (χ2v) is 7.87. The van der Waals surface area contributed by atoms with Gasteiger partial charge in [-0.15, -0.1) is 6.58 Å². The zero-order valence-electron chi connectivity index (χ0n) is 17.4. The van der Waals surface area contributed by atoms with Gasteiger partial charge < -0.3 is 15.0 Å². The molecule has 1 spiro atoms. The van der Waals surface area contributed by atoms with Gasteiger partial charge in [0.1, 0.15) is 17.0 Å². The lowest BCUT2D eigenvalue weighted by Crippen LogP contribution is -2.46. The molecule has 0 bridgehead atoms. The molecule has 1 aromatic heterocycles. The highest BCUT2D eigenvalue weighted by molar-refractivity contribution is 6.16. The van der Waals surface area contributed by atoms with Gasteiger partial charge in [-0.1, -0.05) is 23.8 Å². The summed E-state index contributed by atoms with van der Waals surface area (Å²) in [6, 6.07) is 13.3. The summed E-state index contributed by atoms with van der Waals surface area (Å²) in [6.45, 7) is 6.16. The van der Waals surface area contributed by atoms with Crippen LogP contribution in [0.25, 0.3) is 5.69 Å². The van der Waals surface area contributed by atoms with E-state index in [0.717, 1.165) is 28.3 Å². The first-order valence-electron chi connectivity index (χ1n) is 10.1. The molecule has 2 amide bonds. The third kappa shape index (κ3) is 2.63. The SMILES string of the molecule is C=CCN1C(=O)[C@]2(CC(=O)Nc3c2cnn3-c2ccc(OC)cc2)c2cc(C)ccc21. The van der Waals surface area contributed by atoms with E-state index in [-0.39, 0.29) is 18.2 Å². The van der Waals surface area contributed by atoms with Crippen LogP contribution in [-0.2, 0) is 15.0 Å². The van der Waals surface area contributed by atoms with Crippen molar-refractivity contribution in [3.05, 3.63) is 78.0 Å². The van der Waals surface area contributed by atoms with Crippen LogP contribution in [0.15, 0.2) is 61.3 Å². The third-order valence-corrected chi connectivity index (χ3v) is 6.05. The highest BCUT2D eigenvalue weighted by atomic mass is 16.5. The average molecular weight is 414 g/mol. The number of ether oxygens (including phenoxy) is 1. The number of aromatic nitrogens is 2. The molecule has 0 saturated carbocycles. The quantitative estimate of drug-likeness (QED) is 0.665. The zero-order chi connectivity index (χ0) is 21.8. The van der Waals surface area contributed by atoms with E-state index in [1.54, 1.807) is 29.0 Å². The molecule has 1 atom stereocenters. The van der Waals surface area contributed by atoms with E-state index in [0.29, 0.717) is 17.9 Å². The third-order valence-electron chi connectivity index (χ3n) is 6.05. The van der Waals surface area contributed by atoms with Crippen molar-refractivity contribution >= 4 is 23.3 Å². The number of amides is 2. The maximum atomic E-state index is 13.8. The van der Waals surface area contributed by atoms with Crippen LogP contribution in [0.5, 0.6) is 5.75 Å². The topological polar surface area (TPSA) is 76.5 Å². The first-order valence-corrected chi connectivity index (χ1v) is 10.1. The van der Waals surface area contributed by atoms with Crippen LogP contribution in [0.4, 0.5) is 11.5 Å². The first kappa shape index (κ1) is 19.1. The maximum absolute atomic E-state index is 13.8. The van der Waals surface area contributed by atoms with Gasteiger partial charge in [-0.25, -0.2) is 4.68 Å². The molecule has 0 aliphatic carbocycles. The van der Waals surface area contributed by atoms with Gasteiger partial charge in [0.05, 0.1) is 19.0 Å². The molecule has 7 heteroatoms. The molecule has 2 aromatic carbocycles. The Morgan fingerprint density at radius 2 is 1.97 bits per heavy atom. The number of anilines is 2. The van der Waals surface area contributed by atoms with E-state index in [2.05, 4.69) is 17.0 Å². The Hall–Kier alpha value is -3.87. The van der Waals surface area contributed by atoms with Crippen molar-refractivity contribution in [3.63, 3.8) is 0 Å². The average Bonchev–Trinajstić information content (AvgIpc) is 3.28. The van der Waals surface area contributed by atoms with Crippen LogP contribution in [0.2, 0.25) is 0 Å². The Labute approximate surface area is 179 Å². The van der Waals surface area contributed by atoms with Gasteiger partial charge in [0.2, 0.25) is 11.8 Å². The number of aryl methyl sites for hydroxylation is 1. The molecular formula is C24H22N4O3. The van der Waals surface area contributed by atoms with Crippen LogP contribution in [-0.4, -0.2) is 35.2 Å². The molecule has 2 aliphatic rings. The minimum atomic E-state index is -1.10. The summed E-state index contributed by atoms with van der Waals surface area (Å²) in [5.41, 5.74) is 3.04. The van der Waals surface area contributed by atoms with Gasteiger partial charge in [-0.3, -0.25) is 9.59 Å². The zero-order valence-corrected chi connectivity index (χ0v) is 17.4. The number of hydrogen-bond donors (Lipinski definition) is 1. The van der Waals surface area contributed by atoms with Crippen molar-refractivity contribution in [1.82, 2.24) is 9.78 Å². The van der Waals surface area contributed by atoms with E-state index in [1.807, 2.05) is 49.4 Å². The Kier molecular flexibility index (Phi) is 4.22. The number of hydrogen-bond acceptors (Lipinski definition) is 4. The summed E-state index contributed by atoms with van der Waals surface area (Å²) in [4.78, 5) is 28.4. The molecule has 0 unspecified atom stereocenters. The summed E-state index contributed by atoms with van der Waals surface area (Å²) < 4.78 is 6.89. The van der Waals surface area contributed by atoms with Gasteiger partial charge in [-0.05, 0) is 42.8 Å². The molecular weight excluding hydrogens is 392 g/mol. The number of rotatable bonds is 4. The van der Waals surface area contributed by atoms with E-state index in [9.17, 15) is 9.59 Å². The summed E-state index contributed by atoms with van der Waals surface area (Å²) in [5, 5.41) is 7.49. The molecule has 7 nitrogen and oxygen atoms in total. The van der Waals surface area contributed by atoms with Crippen molar-refractivity contribution in [1.29, 1.82) is 0 Å². The second-order valence-electron chi connectivity index (χ2n) is 7.87. The van der Waals surface area contributed by atoms with E-state index in [4.69, 9.17) is 4.74 Å². The number of fused-ring (bicyclic) bond motifs is 4. The molecule has 156 valence electrons. The van der Waals surface area contributed by atoms with E-state index in [1.165, 1.54) is 0 Å². The number of methoxy groups -OCH3 is 1. The normalized spacial score (nSPS) is 19.2. The van der Waals surface area contributed by atoms with Gasteiger partial charge in [0.25, 0.3) is 0 Å². The Morgan fingerprint density at radius 3 is 2.68 bits per heavy atom. The lowest BCUT2D eigenvalue weighted by molar-refractivity contribution is -0.126. The van der Waals surface area contributed by atoms with Crippen molar-refractivity contribution in [2.45, 2.75) is 18.8 Å². The van der Waals surface area contributed by atoms with Gasteiger partial charge in [0.15, 0.2) is 0 Å². The number of nitrogens with one attached hydrogen (secondary N) is 1. The van der Waals surface area contributed by atoms with Crippen molar-refractivity contribution in [3.8, 4) is 11.4 Å². The number of carbonyl (C=O) groups is 2. The molecule has 0 saturated heterocycles. The molecule has 1 N–H and O–H groups in total. The monoisotopic (exact) mass is 414 g/mol. The molecule has 3 aromatic rings. The lowest BCUT2D eigenvalue weighted by Gasteiger charge is -2.32. The molecule has 0 radical (unpaired) electrons. The van der Waals surface area contributed by atoms with Crippen LogP contribution in [0.1, 0.15) is 23.1 Å². The van der Waals surface area contributed by atoms with Gasteiger partial charge in [-0.2, -0.15) is 5.10 Å². The van der Waals surface area contributed by atoms with E-state index < -0.39 is 5.41 Å². The Bertz CT molecular complexity index is 1230. The summed E-state index contributed by atoms with van der Waals surface area (Å²) in [6.07, 6.45) is 3.43. The second kappa shape index (κ2) is 6.84. The Morgan fingerprint density at radius 1 is 1.19 bits per heavy atom. The smallest absolute Gasteiger partial charge is 0.243 e. The molecule has 0 fully saturated rings. The number of benzene rings is 2. The van der Waals surface area contributed by atoms with Crippen LogP contribution >= 0.6 is 0 Å². The fourth-order valence-corrected chi connectivity index (χ4v) is 4.64. The van der Waals surface area contributed by atoms with Gasteiger partial charge in [0, 0.05) is 24.2 Å². The predicted octanol–water partition coefficient (Wildman–Crippen LogP) is 3.35. The van der Waals surface area contributed by atoms with Crippen molar-refractivity contribution in [2.75, 3.05) is 23.9 Å². The molecule has 31 heavy (non-hydrogen) atoms. The Balaban J connectivity index is 1.73. The van der Waals surface area contributed by atoms with E-state index >= 15 is 0 Å². The minimum absolute atomic E-state index is 0.0389. The maximum Gasteiger partial charge on any atom is 0.243 e. The number of carbonyl (C=O) groups excluding carboxylic acids is 2. The predicted molar refractivity (Wildman–Crippen MR) is 118 cm³/mol. The first-order chi connectivity index (χ1) is 15.0. The fourth-order valence-electron chi connectivity index (χ4n) is 4.64. The molecule has 5 rings (SSSR count). The van der Waals surface area contributed by atoms with Crippen molar-refractivity contribution < 1.29 is 14.3 Å². The van der Waals surface area contributed by atoms with Crippen LogP contribution in [0, 0.1) is 6.92 Å². The standard InChI is InChI=1S/C24H22N4O3/c1-4-11-27-20-10-5-15(2)12-18(20)24(23(27)30)13-21(29)26-22-19(24)14-25-28(22)16-6-8-17(31-3)9-7-16/h4-10,12,14H,1,11,13H2,2-3H3,(H,26,29)/t24-/m1/s1. The summed E-state index contributed by atoms with van der Waals surface area (Å²) in [7, 11) is 1.61. The highest BCUT2D eigenvalue weighted by Crippen LogP contribution is 2.52. The molecule has 3 heterocycles. The van der Waals surface area contributed by atoms with Gasteiger partial charge >= 0.3 is 0 Å². The number of nitrogens with zero attached hydrogens (tertiary/aromatic N) is 3. The summed E-state index contributed by atoms with van der Waals surface area (Å²) >= 11 is 0. The largest absolute Gasteiger partial charge is 0.497 e. The molecule has 2 aliphatic heterocycles. The minimum Gasteiger partial charge on any atom is -0.497 e. The lowest BCUT2D eigenvalue weighted by atomic mass is 9.71. The van der Waals surface area contributed by atoms with Crippen LogP contribution < -0.4 is 15.0 Å².